The van der Waals surface area contributed by atoms with E-state index < -0.39 is 11.7 Å². The molecule has 0 saturated carbocycles. The number of quaternary nitrogens is 1. The summed E-state index contributed by atoms with van der Waals surface area (Å²) < 4.78 is 39.1. The fraction of sp³-hybridized carbons (Fsp3) is 0.429. The largest absolute Gasteiger partial charge is 0.416 e. The Hall–Kier alpha value is -1.85. The van der Waals surface area contributed by atoms with Crippen LogP contribution < -0.4 is 0 Å². The highest BCUT2D eigenvalue weighted by Gasteiger charge is 2.41. The highest BCUT2D eigenvalue weighted by molar-refractivity contribution is 5.24. The monoisotopic (exact) mass is 364 g/mol. The average Bonchev–Trinajstić information content (AvgIpc) is 3.03. The van der Waals surface area contributed by atoms with Gasteiger partial charge in [-0.25, -0.2) is 0 Å². The molecule has 1 fully saturated rings. The Bertz CT molecular complexity index is 699. The molecular weight excluding hydrogens is 339 g/mol. The van der Waals surface area contributed by atoms with Crippen molar-refractivity contribution in [3.63, 3.8) is 0 Å². The number of likely N-dealkylation sites (tertiary alicyclic amines) is 1. The van der Waals surface area contributed by atoms with Gasteiger partial charge in [0.1, 0.15) is 12.6 Å². The molecule has 1 saturated heterocycles. The van der Waals surface area contributed by atoms with E-state index in [1.54, 1.807) is 12.1 Å². The third kappa shape index (κ3) is 4.27. The summed E-state index contributed by atoms with van der Waals surface area (Å²) in [5.74, 6) is 0. The van der Waals surface area contributed by atoms with E-state index >= 15 is 0 Å². The van der Waals surface area contributed by atoms with Crippen molar-refractivity contribution >= 4 is 0 Å². The van der Waals surface area contributed by atoms with Gasteiger partial charge in [-0.15, -0.1) is 0 Å². The highest BCUT2D eigenvalue weighted by Crippen LogP contribution is 2.32. The molecule has 1 unspecified atom stereocenters. The lowest BCUT2D eigenvalue weighted by Gasteiger charge is -2.40. The second kappa shape index (κ2) is 7.80. The van der Waals surface area contributed by atoms with E-state index in [4.69, 9.17) is 0 Å². The van der Waals surface area contributed by atoms with Gasteiger partial charge in [-0.2, -0.15) is 13.2 Å². The molecule has 1 aliphatic heterocycles. The molecule has 1 N–H and O–H groups in total. The summed E-state index contributed by atoms with van der Waals surface area (Å²) in [6, 6.07) is 15.9. The summed E-state index contributed by atoms with van der Waals surface area (Å²) in [4.78, 5) is 0. The molecule has 0 radical (unpaired) electrons. The third-order valence-electron chi connectivity index (χ3n) is 5.59. The number of aliphatic hydroxyl groups is 1. The van der Waals surface area contributed by atoms with Crippen molar-refractivity contribution in [3.05, 3.63) is 71.3 Å². The van der Waals surface area contributed by atoms with Crippen LogP contribution in [0.15, 0.2) is 54.6 Å². The van der Waals surface area contributed by atoms with E-state index in [0.29, 0.717) is 6.54 Å². The minimum absolute atomic E-state index is 0.120. The van der Waals surface area contributed by atoms with Crippen molar-refractivity contribution in [2.75, 3.05) is 19.7 Å². The predicted octanol–water partition coefficient (Wildman–Crippen LogP) is 4.42. The van der Waals surface area contributed by atoms with Crippen LogP contribution in [0.25, 0.3) is 0 Å². The second-order valence-electron chi connectivity index (χ2n) is 7.23. The highest BCUT2D eigenvalue weighted by atomic mass is 19.4. The number of alkyl halides is 3. The van der Waals surface area contributed by atoms with Gasteiger partial charge in [0.05, 0.1) is 25.3 Å². The van der Waals surface area contributed by atoms with Gasteiger partial charge >= 0.3 is 6.18 Å². The van der Waals surface area contributed by atoms with E-state index in [0.717, 1.165) is 54.5 Å². The number of halogens is 3. The lowest BCUT2D eigenvalue weighted by atomic mass is 10.1. The zero-order valence-electron chi connectivity index (χ0n) is 14.8. The first-order chi connectivity index (χ1) is 12.4. The van der Waals surface area contributed by atoms with Crippen LogP contribution in [0.5, 0.6) is 0 Å². The van der Waals surface area contributed by atoms with Crippen LogP contribution in [-0.2, 0) is 19.1 Å². The van der Waals surface area contributed by atoms with E-state index in [-0.39, 0.29) is 12.6 Å². The molecule has 0 aliphatic carbocycles. The van der Waals surface area contributed by atoms with Crippen LogP contribution in [0.1, 0.15) is 29.5 Å². The minimum Gasteiger partial charge on any atom is -0.390 e. The van der Waals surface area contributed by atoms with Gasteiger partial charge in [0.25, 0.3) is 0 Å². The summed E-state index contributed by atoms with van der Waals surface area (Å²) >= 11 is 0. The Morgan fingerprint density at radius 3 is 2.27 bits per heavy atom. The van der Waals surface area contributed by atoms with Gasteiger partial charge in [0.15, 0.2) is 0 Å². The summed E-state index contributed by atoms with van der Waals surface area (Å²) in [7, 11) is 0. The smallest absolute Gasteiger partial charge is 0.390 e. The summed E-state index contributed by atoms with van der Waals surface area (Å²) in [5, 5.41) is 9.86. The van der Waals surface area contributed by atoms with Crippen molar-refractivity contribution in [3.8, 4) is 0 Å². The van der Waals surface area contributed by atoms with E-state index in [1.807, 2.05) is 18.2 Å². The van der Waals surface area contributed by atoms with Crippen LogP contribution >= 0.6 is 0 Å². The minimum atomic E-state index is -4.31. The molecule has 2 aromatic carbocycles. The lowest BCUT2D eigenvalue weighted by Crippen LogP contribution is -2.53. The number of rotatable bonds is 6. The van der Waals surface area contributed by atoms with Crippen LogP contribution in [0.2, 0.25) is 0 Å². The molecule has 2 atom stereocenters. The first-order valence-corrected chi connectivity index (χ1v) is 9.10. The molecule has 5 heteroatoms. The summed E-state index contributed by atoms with van der Waals surface area (Å²) in [6.45, 7) is 2.63. The molecule has 1 aliphatic rings. The first-order valence-electron chi connectivity index (χ1n) is 9.10. The Morgan fingerprint density at radius 2 is 1.65 bits per heavy atom. The predicted molar refractivity (Wildman–Crippen MR) is 95.4 cm³/mol. The van der Waals surface area contributed by atoms with Crippen LogP contribution in [0, 0.1) is 0 Å². The van der Waals surface area contributed by atoms with E-state index in [2.05, 4.69) is 12.1 Å². The molecule has 26 heavy (non-hydrogen) atoms. The van der Waals surface area contributed by atoms with Crippen molar-refractivity contribution in [1.82, 2.24) is 0 Å². The summed E-state index contributed by atoms with van der Waals surface area (Å²) in [5.41, 5.74) is 1.53. The van der Waals surface area contributed by atoms with Crippen LogP contribution in [-0.4, -0.2) is 35.3 Å². The number of nitrogens with zero attached hydrogens (tertiary/aromatic N) is 1. The van der Waals surface area contributed by atoms with Crippen LogP contribution in [0.3, 0.4) is 0 Å². The molecule has 1 heterocycles. The third-order valence-corrected chi connectivity index (χ3v) is 5.59. The zero-order valence-corrected chi connectivity index (χ0v) is 14.8. The molecular formula is C21H25F3NO+. The maximum Gasteiger partial charge on any atom is 0.416 e. The normalized spacial score (nSPS) is 23.3. The van der Waals surface area contributed by atoms with Gasteiger partial charge < -0.3 is 9.59 Å². The summed E-state index contributed by atoms with van der Waals surface area (Å²) in [6.07, 6.45) is -1.40. The molecule has 2 aromatic rings. The van der Waals surface area contributed by atoms with Gasteiger partial charge in [0.2, 0.25) is 0 Å². The molecule has 140 valence electrons. The molecule has 0 bridgehead atoms. The Kier molecular flexibility index (Phi) is 5.68. The first kappa shape index (κ1) is 18.9. The van der Waals surface area contributed by atoms with Gasteiger partial charge in [-0.05, 0) is 17.7 Å². The Morgan fingerprint density at radius 1 is 0.962 bits per heavy atom. The number of hydrogen-bond donors (Lipinski definition) is 1. The molecule has 3 rings (SSSR count). The molecule has 0 aromatic heterocycles. The Balaban J connectivity index is 1.78. The number of benzene rings is 2. The molecule has 0 amide bonds. The van der Waals surface area contributed by atoms with Crippen molar-refractivity contribution in [2.24, 2.45) is 0 Å². The topological polar surface area (TPSA) is 20.2 Å². The fourth-order valence-corrected chi connectivity index (χ4v) is 4.10. The lowest BCUT2D eigenvalue weighted by molar-refractivity contribution is -0.952. The second-order valence-corrected chi connectivity index (χ2v) is 7.23. The molecule has 2 nitrogen and oxygen atoms in total. The number of aliphatic hydroxyl groups excluding tert-OH is 1. The van der Waals surface area contributed by atoms with Gasteiger partial charge in [-0.3, -0.25) is 0 Å². The van der Waals surface area contributed by atoms with Crippen molar-refractivity contribution < 1.29 is 22.8 Å². The van der Waals surface area contributed by atoms with E-state index in [9.17, 15) is 18.3 Å². The Labute approximate surface area is 152 Å². The zero-order chi connectivity index (χ0) is 18.6. The maximum atomic E-state index is 12.8. The molecule has 0 spiro atoms. The quantitative estimate of drug-likeness (QED) is 0.753. The van der Waals surface area contributed by atoms with Crippen LogP contribution in [0.4, 0.5) is 13.2 Å². The van der Waals surface area contributed by atoms with Crippen molar-refractivity contribution in [2.45, 2.75) is 38.0 Å². The van der Waals surface area contributed by atoms with Gasteiger partial charge in [-0.1, -0.05) is 42.5 Å². The SMILES string of the molecule is OC[C@@H]1CCC[N+]1(CCc1ccccc1)Cc1ccc(C(F)(F)F)cc1. The fourth-order valence-electron chi connectivity index (χ4n) is 4.10. The van der Waals surface area contributed by atoms with E-state index in [1.165, 1.54) is 5.56 Å². The van der Waals surface area contributed by atoms with Gasteiger partial charge in [0, 0.05) is 24.8 Å². The average molecular weight is 364 g/mol. The number of hydrogen-bond acceptors (Lipinski definition) is 1. The maximum absolute atomic E-state index is 12.8. The van der Waals surface area contributed by atoms with Crippen molar-refractivity contribution in [1.29, 1.82) is 0 Å². The standard InChI is InChI=1S/C21H25F3NO/c22-21(23,24)19-10-8-18(9-11-19)15-25(13-4-7-20(25)16-26)14-12-17-5-2-1-3-6-17/h1-3,5-6,8-11,20,26H,4,7,12-16H2/q+1/t20-,25?/m0/s1.